The van der Waals surface area contributed by atoms with Crippen molar-refractivity contribution in [2.45, 2.75) is 32.4 Å². The van der Waals surface area contributed by atoms with Crippen LogP contribution in [0.1, 0.15) is 42.1 Å². The van der Waals surface area contributed by atoms with E-state index in [4.69, 9.17) is 0 Å². The highest BCUT2D eigenvalue weighted by Crippen LogP contribution is 2.39. The standard InChI is InChI=1S/C14H15F4NO/c1-13(5-2-6-13)8-19-12(20)10-7-9(14(16,17)18)3-4-11(10)15/h3-4,7H,2,5-6,8H2,1H3,(H,19,20). The number of nitrogens with one attached hydrogen (secondary N) is 1. The molecule has 0 saturated heterocycles. The first kappa shape index (κ1) is 14.8. The lowest BCUT2D eigenvalue weighted by molar-refractivity contribution is -0.137. The summed E-state index contributed by atoms with van der Waals surface area (Å²) in [5.41, 5.74) is -1.62. The molecule has 2 nitrogen and oxygen atoms in total. The van der Waals surface area contributed by atoms with E-state index in [1.807, 2.05) is 6.92 Å². The van der Waals surface area contributed by atoms with Crippen LogP contribution in [0.2, 0.25) is 0 Å². The van der Waals surface area contributed by atoms with E-state index in [9.17, 15) is 22.4 Å². The summed E-state index contributed by atoms with van der Waals surface area (Å²) >= 11 is 0. The van der Waals surface area contributed by atoms with Gasteiger partial charge in [0, 0.05) is 6.54 Å². The molecule has 110 valence electrons. The number of amides is 1. The Hall–Kier alpha value is -1.59. The molecule has 0 heterocycles. The van der Waals surface area contributed by atoms with E-state index < -0.39 is 29.0 Å². The molecule has 20 heavy (non-hydrogen) atoms. The molecule has 0 unspecified atom stereocenters. The number of hydrogen-bond acceptors (Lipinski definition) is 1. The first-order chi connectivity index (χ1) is 9.21. The molecule has 1 fully saturated rings. The molecule has 1 aliphatic rings. The zero-order chi connectivity index (χ0) is 15.0. The van der Waals surface area contributed by atoms with Crippen molar-refractivity contribution in [3.63, 3.8) is 0 Å². The molecular formula is C14H15F4NO. The number of halogens is 4. The fourth-order valence-electron chi connectivity index (χ4n) is 2.22. The normalized spacial score (nSPS) is 17.4. The second kappa shape index (κ2) is 5.07. The summed E-state index contributed by atoms with van der Waals surface area (Å²) in [4.78, 5) is 11.8. The summed E-state index contributed by atoms with van der Waals surface area (Å²) in [5, 5.41) is 2.51. The van der Waals surface area contributed by atoms with Crippen LogP contribution >= 0.6 is 0 Å². The number of carbonyl (C=O) groups excluding carboxylic acids is 1. The number of carbonyl (C=O) groups is 1. The van der Waals surface area contributed by atoms with Gasteiger partial charge >= 0.3 is 6.18 Å². The Balaban J connectivity index is 2.12. The first-order valence-corrected chi connectivity index (χ1v) is 6.36. The molecule has 1 N–H and O–H groups in total. The number of hydrogen-bond donors (Lipinski definition) is 1. The molecule has 1 amide bonds. The fourth-order valence-corrected chi connectivity index (χ4v) is 2.22. The van der Waals surface area contributed by atoms with Gasteiger partial charge in [-0.15, -0.1) is 0 Å². The molecule has 0 radical (unpaired) electrons. The molecule has 0 aliphatic heterocycles. The smallest absolute Gasteiger partial charge is 0.351 e. The van der Waals surface area contributed by atoms with Gasteiger partial charge in [-0.1, -0.05) is 13.3 Å². The molecule has 0 atom stereocenters. The summed E-state index contributed by atoms with van der Waals surface area (Å²) in [5.74, 6) is -1.75. The second-order valence-corrected chi connectivity index (χ2v) is 5.54. The Labute approximate surface area is 114 Å². The highest BCUT2D eigenvalue weighted by molar-refractivity contribution is 5.94. The third kappa shape index (κ3) is 3.11. The highest BCUT2D eigenvalue weighted by Gasteiger charge is 2.34. The Bertz CT molecular complexity index is 520. The minimum atomic E-state index is -4.59. The van der Waals surface area contributed by atoms with Gasteiger partial charge in [-0.25, -0.2) is 4.39 Å². The minimum Gasteiger partial charge on any atom is -0.351 e. The van der Waals surface area contributed by atoms with E-state index in [2.05, 4.69) is 5.32 Å². The van der Waals surface area contributed by atoms with E-state index in [1.54, 1.807) is 0 Å². The van der Waals surface area contributed by atoms with Gasteiger partial charge in [0.25, 0.3) is 5.91 Å². The fraction of sp³-hybridized carbons (Fsp3) is 0.500. The highest BCUT2D eigenvalue weighted by atomic mass is 19.4. The van der Waals surface area contributed by atoms with Crippen LogP contribution in [0.25, 0.3) is 0 Å². The third-order valence-electron chi connectivity index (χ3n) is 3.77. The summed E-state index contributed by atoms with van der Waals surface area (Å²) in [7, 11) is 0. The molecule has 2 rings (SSSR count). The van der Waals surface area contributed by atoms with Crippen LogP contribution in [0.3, 0.4) is 0 Å². The summed E-state index contributed by atoms with van der Waals surface area (Å²) in [6, 6.07) is 1.84. The zero-order valence-corrected chi connectivity index (χ0v) is 11.0. The van der Waals surface area contributed by atoms with Crippen LogP contribution in [-0.2, 0) is 6.18 Å². The zero-order valence-electron chi connectivity index (χ0n) is 11.0. The van der Waals surface area contributed by atoms with Gasteiger partial charge in [-0.05, 0) is 36.5 Å². The lowest BCUT2D eigenvalue weighted by atomic mass is 9.70. The van der Waals surface area contributed by atoms with Crippen molar-refractivity contribution >= 4 is 5.91 Å². The molecular weight excluding hydrogens is 274 g/mol. The van der Waals surface area contributed by atoms with Crippen LogP contribution in [0.4, 0.5) is 17.6 Å². The quantitative estimate of drug-likeness (QED) is 0.843. The average Bonchev–Trinajstić information content (AvgIpc) is 2.32. The van der Waals surface area contributed by atoms with Gasteiger partial charge in [-0.2, -0.15) is 13.2 Å². The topological polar surface area (TPSA) is 29.1 Å². The Kier molecular flexibility index (Phi) is 3.75. The van der Waals surface area contributed by atoms with E-state index in [-0.39, 0.29) is 5.41 Å². The van der Waals surface area contributed by atoms with Crippen molar-refractivity contribution < 1.29 is 22.4 Å². The maximum absolute atomic E-state index is 13.5. The molecule has 1 aromatic carbocycles. The Morgan fingerprint density at radius 1 is 1.35 bits per heavy atom. The van der Waals surface area contributed by atoms with Crippen LogP contribution < -0.4 is 5.32 Å². The number of benzene rings is 1. The maximum Gasteiger partial charge on any atom is 0.416 e. The second-order valence-electron chi connectivity index (χ2n) is 5.54. The van der Waals surface area contributed by atoms with Crippen molar-refractivity contribution in [1.29, 1.82) is 0 Å². The minimum absolute atomic E-state index is 0.0201. The van der Waals surface area contributed by atoms with Gasteiger partial charge in [-0.3, -0.25) is 4.79 Å². The van der Waals surface area contributed by atoms with Gasteiger partial charge in [0.05, 0.1) is 11.1 Å². The largest absolute Gasteiger partial charge is 0.416 e. The van der Waals surface area contributed by atoms with Crippen LogP contribution in [0, 0.1) is 11.2 Å². The summed E-state index contributed by atoms with van der Waals surface area (Å²) < 4.78 is 51.1. The molecule has 0 aromatic heterocycles. The van der Waals surface area contributed by atoms with Crippen LogP contribution in [0.15, 0.2) is 18.2 Å². The van der Waals surface area contributed by atoms with Crippen LogP contribution in [-0.4, -0.2) is 12.5 Å². The molecule has 1 aliphatic carbocycles. The van der Waals surface area contributed by atoms with Crippen molar-refractivity contribution in [3.8, 4) is 0 Å². The lowest BCUT2D eigenvalue weighted by Gasteiger charge is -2.38. The van der Waals surface area contributed by atoms with Gasteiger partial charge < -0.3 is 5.32 Å². The molecule has 6 heteroatoms. The monoisotopic (exact) mass is 289 g/mol. The number of rotatable bonds is 3. The van der Waals surface area contributed by atoms with Gasteiger partial charge in [0.1, 0.15) is 5.82 Å². The molecule has 1 aromatic rings. The molecule has 1 saturated carbocycles. The van der Waals surface area contributed by atoms with Crippen LogP contribution in [0.5, 0.6) is 0 Å². The van der Waals surface area contributed by atoms with E-state index in [0.29, 0.717) is 24.7 Å². The maximum atomic E-state index is 13.5. The van der Waals surface area contributed by atoms with Crippen molar-refractivity contribution in [2.24, 2.45) is 5.41 Å². The molecule has 0 bridgehead atoms. The lowest BCUT2D eigenvalue weighted by Crippen LogP contribution is -2.40. The molecule has 0 spiro atoms. The SMILES string of the molecule is CC1(CNC(=O)c2cc(C(F)(F)F)ccc2F)CCC1. The Morgan fingerprint density at radius 2 is 2.00 bits per heavy atom. The Morgan fingerprint density at radius 3 is 2.50 bits per heavy atom. The third-order valence-corrected chi connectivity index (χ3v) is 3.77. The van der Waals surface area contributed by atoms with E-state index >= 15 is 0 Å². The first-order valence-electron chi connectivity index (χ1n) is 6.36. The van der Waals surface area contributed by atoms with E-state index in [0.717, 1.165) is 19.3 Å². The summed E-state index contributed by atoms with van der Waals surface area (Å²) in [6.07, 6.45) is -1.61. The van der Waals surface area contributed by atoms with Gasteiger partial charge in [0.2, 0.25) is 0 Å². The predicted molar refractivity (Wildman–Crippen MR) is 65.7 cm³/mol. The predicted octanol–water partition coefficient (Wildman–Crippen LogP) is 3.76. The van der Waals surface area contributed by atoms with Gasteiger partial charge in [0.15, 0.2) is 0 Å². The number of alkyl halides is 3. The van der Waals surface area contributed by atoms with Crippen molar-refractivity contribution in [2.75, 3.05) is 6.54 Å². The summed E-state index contributed by atoms with van der Waals surface area (Å²) in [6.45, 7) is 2.33. The van der Waals surface area contributed by atoms with E-state index in [1.165, 1.54) is 0 Å². The average molecular weight is 289 g/mol. The van der Waals surface area contributed by atoms with Crippen molar-refractivity contribution in [3.05, 3.63) is 35.1 Å². The van der Waals surface area contributed by atoms with Crippen molar-refractivity contribution in [1.82, 2.24) is 5.32 Å².